The fraction of sp³-hybridized carbons (Fsp3) is 0.320. The molecule has 0 aliphatic carbocycles. The van der Waals surface area contributed by atoms with Crippen LogP contribution in [0.15, 0.2) is 60.7 Å². The van der Waals surface area contributed by atoms with Gasteiger partial charge in [-0.1, -0.05) is 12.1 Å². The number of carbonyl (C=O) groups excluding carboxylic acids is 1. The van der Waals surface area contributed by atoms with Gasteiger partial charge in [0.1, 0.15) is 11.5 Å². The van der Waals surface area contributed by atoms with E-state index in [1.165, 1.54) is 0 Å². The first-order valence-corrected chi connectivity index (χ1v) is 10.8. The minimum Gasteiger partial charge on any atom is -0.497 e. The van der Waals surface area contributed by atoms with Gasteiger partial charge in [-0.15, -0.1) is 10.2 Å². The van der Waals surface area contributed by atoms with Crippen LogP contribution in [0.2, 0.25) is 0 Å². The number of carbonyl (C=O) groups is 1. The Morgan fingerprint density at radius 2 is 1.44 bits per heavy atom. The van der Waals surface area contributed by atoms with Gasteiger partial charge in [-0.3, -0.25) is 4.79 Å². The predicted octanol–water partition coefficient (Wildman–Crippen LogP) is 3.44. The number of hydrogen-bond acceptors (Lipinski definition) is 6. The molecule has 0 atom stereocenters. The fourth-order valence-electron chi connectivity index (χ4n) is 3.80. The molecule has 1 aliphatic heterocycles. The molecule has 1 aliphatic rings. The molecule has 0 bridgehead atoms. The average molecular weight is 433 g/mol. The van der Waals surface area contributed by atoms with Crippen molar-refractivity contribution in [3.8, 4) is 22.8 Å². The van der Waals surface area contributed by atoms with Gasteiger partial charge in [0.25, 0.3) is 0 Å². The van der Waals surface area contributed by atoms with Gasteiger partial charge in [-0.25, -0.2) is 0 Å². The number of rotatable bonds is 7. The molecule has 7 heteroatoms. The molecule has 1 amide bonds. The molecule has 0 saturated carbocycles. The van der Waals surface area contributed by atoms with Crippen LogP contribution in [0.3, 0.4) is 0 Å². The highest BCUT2D eigenvalue weighted by Crippen LogP contribution is 2.22. The molecule has 166 valence electrons. The molecule has 1 aromatic heterocycles. The lowest BCUT2D eigenvalue weighted by Gasteiger charge is -2.35. The lowest BCUT2D eigenvalue weighted by molar-refractivity contribution is -0.131. The summed E-state index contributed by atoms with van der Waals surface area (Å²) in [6, 6.07) is 19.6. The molecule has 0 N–H and O–H groups in total. The average Bonchev–Trinajstić information content (AvgIpc) is 2.88. The lowest BCUT2D eigenvalue weighted by atomic mass is 10.1. The van der Waals surface area contributed by atoms with Crippen LogP contribution >= 0.6 is 0 Å². The van der Waals surface area contributed by atoms with E-state index in [-0.39, 0.29) is 5.91 Å². The highest BCUT2D eigenvalue weighted by atomic mass is 16.5. The molecule has 2 heterocycles. The van der Waals surface area contributed by atoms with Gasteiger partial charge in [-0.2, -0.15) is 0 Å². The Morgan fingerprint density at radius 3 is 2.00 bits per heavy atom. The number of methoxy groups -OCH3 is 2. The van der Waals surface area contributed by atoms with Crippen LogP contribution in [0.25, 0.3) is 11.3 Å². The Kier molecular flexibility index (Phi) is 6.84. The Labute approximate surface area is 188 Å². The standard InChI is InChI=1S/C25H28N4O3/c1-31-21-8-3-19(4-9-21)5-14-25(30)29-17-15-28(16-18-29)24-13-12-23(26-27-24)20-6-10-22(32-2)11-7-20/h3-4,6-13H,5,14-18H2,1-2H3. The molecule has 7 nitrogen and oxygen atoms in total. The zero-order valence-electron chi connectivity index (χ0n) is 18.5. The lowest BCUT2D eigenvalue weighted by Crippen LogP contribution is -2.49. The van der Waals surface area contributed by atoms with E-state index in [1.807, 2.05) is 65.6 Å². The third kappa shape index (κ3) is 5.17. The number of nitrogens with zero attached hydrogens (tertiary/aromatic N) is 4. The molecule has 32 heavy (non-hydrogen) atoms. The van der Waals surface area contributed by atoms with Crippen molar-refractivity contribution in [1.29, 1.82) is 0 Å². The number of hydrogen-bond donors (Lipinski definition) is 0. The second-order valence-corrected chi connectivity index (χ2v) is 7.72. The van der Waals surface area contributed by atoms with Gasteiger partial charge in [0.2, 0.25) is 5.91 Å². The van der Waals surface area contributed by atoms with Crippen molar-refractivity contribution >= 4 is 11.7 Å². The summed E-state index contributed by atoms with van der Waals surface area (Å²) in [4.78, 5) is 16.8. The maximum Gasteiger partial charge on any atom is 0.223 e. The quantitative estimate of drug-likeness (QED) is 0.570. The van der Waals surface area contributed by atoms with Crippen molar-refractivity contribution in [2.24, 2.45) is 0 Å². The van der Waals surface area contributed by atoms with E-state index < -0.39 is 0 Å². The van der Waals surface area contributed by atoms with Crippen molar-refractivity contribution in [3.63, 3.8) is 0 Å². The Hall–Kier alpha value is -3.61. The molecular formula is C25H28N4O3. The van der Waals surface area contributed by atoms with Crippen LogP contribution in [0.1, 0.15) is 12.0 Å². The van der Waals surface area contributed by atoms with Crippen LogP contribution in [-0.4, -0.2) is 61.4 Å². The van der Waals surface area contributed by atoms with E-state index in [0.29, 0.717) is 19.5 Å². The molecule has 0 unspecified atom stereocenters. The van der Waals surface area contributed by atoms with E-state index in [4.69, 9.17) is 9.47 Å². The van der Waals surface area contributed by atoms with Crippen molar-refractivity contribution in [3.05, 3.63) is 66.2 Å². The predicted molar refractivity (Wildman–Crippen MR) is 124 cm³/mol. The monoisotopic (exact) mass is 432 g/mol. The van der Waals surface area contributed by atoms with Crippen LogP contribution in [-0.2, 0) is 11.2 Å². The van der Waals surface area contributed by atoms with E-state index in [0.717, 1.165) is 53.6 Å². The maximum atomic E-state index is 12.6. The van der Waals surface area contributed by atoms with Crippen molar-refractivity contribution < 1.29 is 14.3 Å². The first-order valence-electron chi connectivity index (χ1n) is 10.8. The number of anilines is 1. The molecular weight excluding hydrogens is 404 g/mol. The summed E-state index contributed by atoms with van der Waals surface area (Å²) in [6.45, 7) is 2.91. The SMILES string of the molecule is COc1ccc(CCC(=O)N2CCN(c3ccc(-c4ccc(OC)cc4)nn3)CC2)cc1. The van der Waals surface area contributed by atoms with Crippen molar-refractivity contribution in [2.75, 3.05) is 45.3 Å². The first kappa shape index (κ1) is 21.6. The smallest absolute Gasteiger partial charge is 0.223 e. The normalized spacial score (nSPS) is 13.7. The summed E-state index contributed by atoms with van der Waals surface area (Å²) < 4.78 is 10.4. The van der Waals surface area contributed by atoms with Crippen molar-refractivity contribution in [2.45, 2.75) is 12.8 Å². The number of piperazine rings is 1. The summed E-state index contributed by atoms with van der Waals surface area (Å²) in [7, 11) is 3.30. The van der Waals surface area contributed by atoms with E-state index in [2.05, 4.69) is 15.1 Å². The second-order valence-electron chi connectivity index (χ2n) is 7.72. The molecule has 3 aromatic rings. The van der Waals surface area contributed by atoms with E-state index >= 15 is 0 Å². The molecule has 1 saturated heterocycles. The van der Waals surface area contributed by atoms with Gasteiger partial charge in [0, 0.05) is 38.2 Å². The molecule has 2 aromatic carbocycles. The minimum absolute atomic E-state index is 0.196. The fourth-order valence-corrected chi connectivity index (χ4v) is 3.80. The first-order chi connectivity index (χ1) is 15.7. The summed E-state index contributed by atoms with van der Waals surface area (Å²) in [5.41, 5.74) is 2.96. The van der Waals surface area contributed by atoms with Gasteiger partial charge in [0.05, 0.1) is 19.9 Å². The Bertz CT molecular complexity index is 1010. The zero-order valence-corrected chi connectivity index (χ0v) is 18.5. The Balaban J connectivity index is 1.27. The van der Waals surface area contributed by atoms with E-state index in [1.54, 1.807) is 14.2 Å². The maximum absolute atomic E-state index is 12.6. The Morgan fingerprint density at radius 1 is 0.812 bits per heavy atom. The summed E-state index contributed by atoms with van der Waals surface area (Å²) in [5, 5.41) is 8.80. The van der Waals surface area contributed by atoms with Gasteiger partial charge >= 0.3 is 0 Å². The summed E-state index contributed by atoms with van der Waals surface area (Å²) >= 11 is 0. The topological polar surface area (TPSA) is 67.8 Å². The molecule has 0 spiro atoms. The van der Waals surface area contributed by atoms with Gasteiger partial charge in [0.15, 0.2) is 5.82 Å². The van der Waals surface area contributed by atoms with E-state index in [9.17, 15) is 4.79 Å². The number of benzene rings is 2. The minimum atomic E-state index is 0.196. The third-order valence-electron chi connectivity index (χ3n) is 5.78. The summed E-state index contributed by atoms with van der Waals surface area (Å²) in [5.74, 6) is 2.68. The van der Waals surface area contributed by atoms with Crippen LogP contribution in [0.5, 0.6) is 11.5 Å². The zero-order chi connectivity index (χ0) is 22.3. The third-order valence-corrected chi connectivity index (χ3v) is 5.78. The number of aromatic nitrogens is 2. The molecule has 1 fully saturated rings. The van der Waals surface area contributed by atoms with Crippen LogP contribution < -0.4 is 14.4 Å². The second kappa shape index (κ2) is 10.1. The highest BCUT2D eigenvalue weighted by Gasteiger charge is 2.22. The number of ether oxygens (including phenoxy) is 2. The van der Waals surface area contributed by atoms with Crippen molar-refractivity contribution in [1.82, 2.24) is 15.1 Å². The largest absolute Gasteiger partial charge is 0.497 e. The highest BCUT2D eigenvalue weighted by molar-refractivity contribution is 5.76. The number of amides is 1. The molecule has 4 rings (SSSR count). The van der Waals surface area contributed by atoms with Crippen LogP contribution in [0, 0.1) is 0 Å². The molecule has 0 radical (unpaired) electrons. The summed E-state index contributed by atoms with van der Waals surface area (Å²) in [6.07, 6.45) is 1.25. The van der Waals surface area contributed by atoms with Gasteiger partial charge < -0.3 is 19.3 Å². The van der Waals surface area contributed by atoms with Crippen LogP contribution in [0.4, 0.5) is 5.82 Å². The van der Waals surface area contributed by atoms with Gasteiger partial charge in [-0.05, 0) is 60.5 Å². The number of aryl methyl sites for hydroxylation is 1.